The second kappa shape index (κ2) is 5.44. The van der Waals surface area contributed by atoms with Crippen LogP contribution < -0.4 is 0 Å². The SMILES string of the molecule is Cc1ccc(/N=C\c2ccccc2[N+](=O)[O-])cc1C. The molecule has 2 rings (SSSR count). The van der Waals surface area contributed by atoms with E-state index in [0.717, 1.165) is 11.3 Å². The second-order valence-corrected chi connectivity index (χ2v) is 4.34. The van der Waals surface area contributed by atoms with E-state index in [0.29, 0.717) is 5.56 Å². The summed E-state index contributed by atoms with van der Waals surface area (Å²) >= 11 is 0. The van der Waals surface area contributed by atoms with Crippen LogP contribution >= 0.6 is 0 Å². The minimum atomic E-state index is -0.401. The zero-order chi connectivity index (χ0) is 13.8. The zero-order valence-corrected chi connectivity index (χ0v) is 10.8. The van der Waals surface area contributed by atoms with E-state index in [9.17, 15) is 10.1 Å². The van der Waals surface area contributed by atoms with Crippen molar-refractivity contribution in [3.05, 3.63) is 69.3 Å². The maximum Gasteiger partial charge on any atom is 0.278 e. The van der Waals surface area contributed by atoms with E-state index in [1.165, 1.54) is 17.8 Å². The van der Waals surface area contributed by atoms with Gasteiger partial charge in [-0.05, 0) is 43.2 Å². The molecule has 0 heterocycles. The summed E-state index contributed by atoms with van der Waals surface area (Å²) in [4.78, 5) is 14.8. The number of benzene rings is 2. The van der Waals surface area contributed by atoms with Crippen molar-refractivity contribution in [2.75, 3.05) is 0 Å². The fraction of sp³-hybridized carbons (Fsp3) is 0.133. The molecule has 0 amide bonds. The largest absolute Gasteiger partial charge is 0.278 e. The van der Waals surface area contributed by atoms with E-state index < -0.39 is 4.92 Å². The number of para-hydroxylation sites is 1. The molecule has 2 aromatic carbocycles. The van der Waals surface area contributed by atoms with E-state index in [2.05, 4.69) is 4.99 Å². The lowest BCUT2D eigenvalue weighted by molar-refractivity contribution is -0.385. The number of hydrogen-bond acceptors (Lipinski definition) is 3. The highest BCUT2D eigenvalue weighted by atomic mass is 16.6. The molecule has 0 radical (unpaired) electrons. The van der Waals surface area contributed by atoms with Crippen LogP contribution in [0.3, 0.4) is 0 Å². The molecule has 0 aliphatic rings. The lowest BCUT2D eigenvalue weighted by atomic mass is 10.1. The van der Waals surface area contributed by atoms with Gasteiger partial charge in [0, 0.05) is 12.3 Å². The summed E-state index contributed by atoms with van der Waals surface area (Å²) in [6.45, 7) is 4.05. The van der Waals surface area contributed by atoms with Gasteiger partial charge in [-0.1, -0.05) is 18.2 Å². The summed E-state index contributed by atoms with van der Waals surface area (Å²) in [5.41, 5.74) is 3.71. The molecule has 2 aromatic rings. The molecule has 0 N–H and O–H groups in total. The molecule has 19 heavy (non-hydrogen) atoms. The summed E-state index contributed by atoms with van der Waals surface area (Å²) in [5.74, 6) is 0. The topological polar surface area (TPSA) is 55.5 Å². The number of nitro groups is 1. The monoisotopic (exact) mass is 254 g/mol. The number of hydrogen-bond donors (Lipinski definition) is 0. The molecule has 0 fully saturated rings. The molecule has 0 bridgehead atoms. The molecule has 4 nitrogen and oxygen atoms in total. The number of nitrogens with zero attached hydrogens (tertiary/aromatic N) is 2. The van der Waals surface area contributed by atoms with Crippen LogP contribution in [0.5, 0.6) is 0 Å². The Kier molecular flexibility index (Phi) is 3.71. The molecule has 0 spiro atoms. The molecule has 0 saturated carbocycles. The lowest BCUT2D eigenvalue weighted by Crippen LogP contribution is -1.93. The van der Waals surface area contributed by atoms with Crippen LogP contribution in [0.1, 0.15) is 16.7 Å². The van der Waals surface area contributed by atoms with Crippen molar-refractivity contribution in [3.8, 4) is 0 Å². The fourth-order valence-corrected chi connectivity index (χ4v) is 1.71. The van der Waals surface area contributed by atoms with E-state index in [1.807, 2.05) is 32.0 Å². The first-order chi connectivity index (χ1) is 9.08. The Morgan fingerprint density at radius 2 is 1.84 bits per heavy atom. The zero-order valence-electron chi connectivity index (χ0n) is 10.8. The second-order valence-electron chi connectivity index (χ2n) is 4.34. The van der Waals surface area contributed by atoms with Crippen molar-refractivity contribution in [1.82, 2.24) is 0 Å². The third-order valence-electron chi connectivity index (χ3n) is 2.98. The van der Waals surface area contributed by atoms with Crippen molar-refractivity contribution in [2.24, 2.45) is 4.99 Å². The third-order valence-corrected chi connectivity index (χ3v) is 2.98. The molecule has 0 unspecified atom stereocenters. The number of rotatable bonds is 3. The molecule has 0 atom stereocenters. The molecule has 0 aliphatic heterocycles. The normalized spacial score (nSPS) is 10.8. The van der Waals surface area contributed by atoms with Gasteiger partial charge in [-0.2, -0.15) is 0 Å². The van der Waals surface area contributed by atoms with Crippen LogP contribution in [0.25, 0.3) is 0 Å². The summed E-state index contributed by atoms with van der Waals surface area (Å²) in [6, 6.07) is 12.4. The molecular weight excluding hydrogens is 240 g/mol. The van der Waals surface area contributed by atoms with Gasteiger partial charge in [-0.25, -0.2) is 0 Å². The quantitative estimate of drug-likeness (QED) is 0.473. The Hall–Kier alpha value is -2.49. The lowest BCUT2D eigenvalue weighted by Gasteiger charge is -2.00. The van der Waals surface area contributed by atoms with Gasteiger partial charge < -0.3 is 0 Å². The average Bonchev–Trinajstić information content (AvgIpc) is 2.40. The van der Waals surface area contributed by atoms with Crippen molar-refractivity contribution in [2.45, 2.75) is 13.8 Å². The highest BCUT2D eigenvalue weighted by molar-refractivity contribution is 5.87. The van der Waals surface area contributed by atoms with Crippen molar-refractivity contribution in [1.29, 1.82) is 0 Å². The fourth-order valence-electron chi connectivity index (χ4n) is 1.71. The van der Waals surface area contributed by atoms with Gasteiger partial charge in [-0.15, -0.1) is 0 Å². The first-order valence-corrected chi connectivity index (χ1v) is 5.92. The first kappa shape index (κ1) is 13.0. The summed E-state index contributed by atoms with van der Waals surface area (Å²) < 4.78 is 0. The number of aliphatic imine (C=N–C) groups is 1. The Morgan fingerprint density at radius 1 is 1.11 bits per heavy atom. The third kappa shape index (κ3) is 3.04. The smallest absolute Gasteiger partial charge is 0.258 e. The minimum Gasteiger partial charge on any atom is -0.258 e. The standard InChI is InChI=1S/C15H14N2O2/c1-11-7-8-14(9-12(11)2)16-10-13-5-3-4-6-15(13)17(18)19/h3-10H,1-2H3/b16-10-. The molecule has 96 valence electrons. The molecule has 0 saturated heterocycles. The van der Waals surface area contributed by atoms with Gasteiger partial charge in [0.05, 0.1) is 16.2 Å². The van der Waals surface area contributed by atoms with Crippen LogP contribution in [0.15, 0.2) is 47.5 Å². The molecule has 4 heteroatoms. The van der Waals surface area contributed by atoms with E-state index in [-0.39, 0.29) is 5.69 Å². The Balaban J connectivity index is 2.32. The van der Waals surface area contributed by atoms with Crippen LogP contribution in [-0.4, -0.2) is 11.1 Å². The molecule has 0 aliphatic carbocycles. The van der Waals surface area contributed by atoms with Crippen LogP contribution in [0.2, 0.25) is 0 Å². The van der Waals surface area contributed by atoms with E-state index in [1.54, 1.807) is 18.2 Å². The maximum atomic E-state index is 10.9. The van der Waals surface area contributed by atoms with Crippen LogP contribution in [0, 0.1) is 24.0 Å². The molecular formula is C15H14N2O2. The Labute approximate surface area is 111 Å². The van der Waals surface area contributed by atoms with Crippen molar-refractivity contribution in [3.63, 3.8) is 0 Å². The molecule has 0 aromatic heterocycles. The Bertz CT molecular complexity index is 648. The van der Waals surface area contributed by atoms with Gasteiger partial charge in [0.1, 0.15) is 0 Å². The van der Waals surface area contributed by atoms with E-state index >= 15 is 0 Å². The van der Waals surface area contributed by atoms with Crippen LogP contribution in [0.4, 0.5) is 11.4 Å². The Morgan fingerprint density at radius 3 is 2.53 bits per heavy atom. The maximum absolute atomic E-state index is 10.9. The van der Waals surface area contributed by atoms with Crippen molar-refractivity contribution < 1.29 is 4.92 Å². The first-order valence-electron chi connectivity index (χ1n) is 5.92. The number of nitro benzene ring substituents is 1. The summed E-state index contributed by atoms with van der Waals surface area (Å²) in [6.07, 6.45) is 1.53. The van der Waals surface area contributed by atoms with Gasteiger partial charge in [0.25, 0.3) is 5.69 Å². The summed E-state index contributed by atoms with van der Waals surface area (Å²) in [5, 5.41) is 10.9. The van der Waals surface area contributed by atoms with Gasteiger partial charge in [0.15, 0.2) is 0 Å². The average molecular weight is 254 g/mol. The van der Waals surface area contributed by atoms with Crippen molar-refractivity contribution >= 4 is 17.6 Å². The van der Waals surface area contributed by atoms with E-state index in [4.69, 9.17) is 0 Å². The summed E-state index contributed by atoms with van der Waals surface area (Å²) in [7, 11) is 0. The minimum absolute atomic E-state index is 0.0649. The van der Waals surface area contributed by atoms with Gasteiger partial charge >= 0.3 is 0 Å². The highest BCUT2D eigenvalue weighted by Crippen LogP contribution is 2.19. The van der Waals surface area contributed by atoms with Gasteiger partial charge in [0.2, 0.25) is 0 Å². The predicted octanol–water partition coefficient (Wildman–Crippen LogP) is 3.96. The highest BCUT2D eigenvalue weighted by Gasteiger charge is 2.09. The van der Waals surface area contributed by atoms with Gasteiger partial charge in [-0.3, -0.25) is 15.1 Å². The van der Waals surface area contributed by atoms with Crippen LogP contribution in [-0.2, 0) is 0 Å². The predicted molar refractivity (Wildman–Crippen MR) is 76.3 cm³/mol. The number of aryl methyl sites for hydroxylation is 2.